The molecule has 5 heteroatoms. The van der Waals surface area contributed by atoms with E-state index in [9.17, 15) is 5.11 Å². The first-order valence-electron chi connectivity index (χ1n) is 6.85. The van der Waals surface area contributed by atoms with Gasteiger partial charge in [-0.1, -0.05) is 19.3 Å². The number of aliphatic hydroxyl groups excluding tert-OH is 1. The highest BCUT2D eigenvalue weighted by Crippen LogP contribution is 2.39. The lowest BCUT2D eigenvalue weighted by Crippen LogP contribution is -2.33. The number of hydrogen-bond donors (Lipinski definition) is 2. The molecule has 0 radical (unpaired) electrons. The van der Waals surface area contributed by atoms with Gasteiger partial charge < -0.3 is 10.4 Å². The van der Waals surface area contributed by atoms with Crippen molar-refractivity contribution >= 4 is 5.82 Å². The summed E-state index contributed by atoms with van der Waals surface area (Å²) in [5, 5.41) is 21.2. The molecule has 2 N–H and O–H groups in total. The fourth-order valence-corrected chi connectivity index (χ4v) is 2.81. The molecule has 1 aromatic rings. The zero-order valence-corrected chi connectivity index (χ0v) is 11.1. The van der Waals surface area contributed by atoms with Crippen molar-refractivity contribution < 1.29 is 5.11 Å². The van der Waals surface area contributed by atoms with Crippen molar-refractivity contribution in [2.24, 2.45) is 5.41 Å². The van der Waals surface area contributed by atoms with Crippen LogP contribution in [-0.4, -0.2) is 28.2 Å². The average molecular weight is 260 g/mol. The second-order valence-corrected chi connectivity index (χ2v) is 5.29. The van der Waals surface area contributed by atoms with Gasteiger partial charge in [-0.25, -0.2) is 9.97 Å². The minimum absolute atomic E-state index is 0.183. The molecule has 5 nitrogen and oxygen atoms in total. The van der Waals surface area contributed by atoms with Crippen molar-refractivity contribution in [3.8, 4) is 6.07 Å². The van der Waals surface area contributed by atoms with E-state index in [-0.39, 0.29) is 12.0 Å². The summed E-state index contributed by atoms with van der Waals surface area (Å²) in [6.45, 7) is 1.05. The number of aromatic nitrogens is 2. The van der Waals surface area contributed by atoms with Gasteiger partial charge in [0.25, 0.3) is 0 Å². The molecule has 1 heterocycles. The Balaban J connectivity index is 1.96. The smallest absolute Gasteiger partial charge is 0.158 e. The van der Waals surface area contributed by atoms with Crippen LogP contribution in [0.1, 0.15) is 44.2 Å². The molecular formula is C14H20N4O. The highest BCUT2D eigenvalue weighted by Gasteiger charge is 2.31. The SMILES string of the molecule is N#Cc1cnc(NCC2(CCO)CCCCC2)cn1. The third-order valence-corrected chi connectivity index (χ3v) is 3.97. The van der Waals surface area contributed by atoms with Crippen LogP contribution in [0.15, 0.2) is 12.4 Å². The van der Waals surface area contributed by atoms with Gasteiger partial charge in [-0.15, -0.1) is 0 Å². The molecule has 19 heavy (non-hydrogen) atoms. The molecule has 1 saturated carbocycles. The van der Waals surface area contributed by atoms with E-state index in [2.05, 4.69) is 15.3 Å². The Bertz CT molecular complexity index is 426. The van der Waals surface area contributed by atoms with Gasteiger partial charge in [-0.05, 0) is 24.7 Å². The highest BCUT2D eigenvalue weighted by molar-refractivity contribution is 5.33. The van der Waals surface area contributed by atoms with Gasteiger partial charge in [0.2, 0.25) is 0 Å². The summed E-state index contributed by atoms with van der Waals surface area (Å²) < 4.78 is 0. The van der Waals surface area contributed by atoms with E-state index < -0.39 is 0 Å². The van der Waals surface area contributed by atoms with Gasteiger partial charge in [0.15, 0.2) is 5.69 Å². The van der Waals surface area contributed by atoms with Crippen LogP contribution in [0.25, 0.3) is 0 Å². The summed E-state index contributed by atoms with van der Waals surface area (Å²) in [6, 6.07) is 1.95. The fraction of sp³-hybridized carbons (Fsp3) is 0.643. The largest absolute Gasteiger partial charge is 0.396 e. The zero-order valence-electron chi connectivity index (χ0n) is 11.1. The minimum atomic E-state index is 0.183. The molecule has 1 fully saturated rings. The number of hydrogen-bond acceptors (Lipinski definition) is 5. The lowest BCUT2D eigenvalue weighted by molar-refractivity contribution is 0.141. The number of anilines is 1. The first-order chi connectivity index (χ1) is 9.28. The first-order valence-corrected chi connectivity index (χ1v) is 6.85. The molecule has 0 aliphatic heterocycles. The van der Waals surface area contributed by atoms with Crippen molar-refractivity contribution in [1.82, 2.24) is 9.97 Å². The van der Waals surface area contributed by atoms with Crippen LogP contribution in [0, 0.1) is 16.7 Å². The molecule has 0 amide bonds. The van der Waals surface area contributed by atoms with Crippen LogP contribution in [0.3, 0.4) is 0 Å². The number of aliphatic hydroxyl groups is 1. The molecule has 0 aromatic carbocycles. The van der Waals surface area contributed by atoms with Gasteiger partial charge in [-0.2, -0.15) is 5.26 Å². The predicted molar refractivity (Wildman–Crippen MR) is 72.5 cm³/mol. The molecule has 0 unspecified atom stereocenters. The van der Waals surface area contributed by atoms with Crippen molar-refractivity contribution in [1.29, 1.82) is 5.26 Å². The molecule has 0 bridgehead atoms. The predicted octanol–water partition coefficient (Wildman–Crippen LogP) is 2.09. The quantitative estimate of drug-likeness (QED) is 0.847. The summed E-state index contributed by atoms with van der Waals surface area (Å²) in [5.74, 6) is 0.696. The highest BCUT2D eigenvalue weighted by atomic mass is 16.3. The van der Waals surface area contributed by atoms with Crippen LogP contribution < -0.4 is 5.32 Å². The monoisotopic (exact) mass is 260 g/mol. The second kappa shape index (κ2) is 6.48. The Morgan fingerprint density at radius 2 is 2.05 bits per heavy atom. The molecule has 1 aliphatic carbocycles. The Kier molecular flexibility index (Phi) is 4.69. The van der Waals surface area contributed by atoms with Crippen LogP contribution in [-0.2, 0) is 0 Å². The molecule has 0 atom stereocenters. The maximum Gasteiger partial charge on any atom is 0.158 e. The van der Waals surface area contributed by atoms with E-state index in [0.29, 0.717) is 11.5 Å². The van der Waals surface area contributed by atoms with Crippen molar-refractivity contribution in [2.45, 2.75) is 38.5 Å². The van der Waals surface area contributed by atoms with Crippen LogP contribution >= 0.6 is 0 Å². The lowest BCUT2D eigenvalue weighted by Gasteiger charge is -2.37. The standard InChI is InChI=1S/C14H20N4O/c15-8-12-9-17-13(10-16-12)18-11-14(6-7-19)4-2-1-3-5-14/h9-10,19H,1-7,11H2,(H,17,18). The van der Waals surface area contributed by atoms with E-state index in [1.54, 1.807) is 6.20 Å². The maximum atomic E-state index is 9.26. The van der Waals surface area contributed by atoms with E-state index in [0.717, 1.165) is 25.8 Å². The van der Waals surface area contributed by atoms with E-state index in [1.165, 1.54) is 25.5 Å². The number of nitriles is 1. The molecule has 1 aromatic heterocycles. The van der Waals surface area contributed by atoms with Crippen molar-refractivity contribution in [3.63, 3.8) is 0 Å². The topological polar surface area (TPSA) is 81.8 Å². The third kappa shape index (κ3) is 3.65. The molecule has 0 spiro atoms. The number of nitrogens with one attached hydrogen (secondary N) is 1. The van der Waals surface area contributed by atoms with Gasteiger partial charge in [0.1, 0.15) is 11.9 Å². The van der Waals surface area contributed by atoms with Crippen molar-refractivity contribution in [3.05, 3.63) is 18.1 Å². The van der Waals surface area contributed by atoms with Crippen molar-refractivity contribution in [2.75, 3.05) is 18.5 Å². The molecule has 1 aliphatic rings. The second-order valence-electron chi connectivity index (χ2n) is 5.29. The van der Waals surface area contributed by atoms with Crippen LogP contribution in [0.5, 0.6) is 0 Å². The normalized spacial score (nSPS) is 17.7. The molecule has 0 saturated heterocycles. The summed E-state index contributed by atoms with van der Waals surface area (Å²) in [4.78, 5) is 8.16. The summed E-state index contributed by atoms with van der Waals surface area (Å²) >= 11 is 0. The zero-order chi connectivity index (χ0) is 13.6. The minimum Gasteiger partial charge on any atom is -0.396 e. The summed E-state index contributed by atoms with van der Waals surface area (Å²) in [5.41, 5.74) is 0.510. The molecular weight excluding hydrogens is 240 g/mol. The van der Waals surface area contributed by atoms with Gasteiger partial charge in [0, 0.05) is 13.2 Å². The summed E-state index contributed by atoms with van der Waals surface area (Å²) in [6.07, 6.45) is 9.99. The Morgan fingerprint density at radius 3 is 2.63 bits per heavy atom. The molecule has 2 rings (SSSR count). The van der Waals surface area contributed by atoms with Gasteiger partial charge in [0.05, 0.1) is 12.4 Å². The Morgan fingerprint density at radius 1 is 1.26 bits per heavy atom. The summed E-state index contributed by atoms with van der Waals surface area (Å²) in [7, 11) is 0. The van der Waals surface area contributed by atoms with Crippen LogP contribution in [0.2, 0.25) is 0 Å². The number of rotatable bonds is 5. The molecule has 102 valence electrons. The van der Waals surface area contributed by atoms with Gasteiger partial charge >= 0.3 is 0 Å². The lowest BCUT2D eigenvalue weighted by atomic mass is 9.72. The Labute approximate surface area is 113 Å². The van der Waals surface area contributed by atoms with Crippen LogP contribution in [0.4, 0.5) is 5.82 Å². The number of nitrogens with zero attached hydrogens (tertiary/aromatic N) is 3. The van der Waals surface area contributed by atoms with E-state index >= 15 is 0 Å². The average Bonchev–Trinajstić information content (AvgIpc) is 2.47. The van der Waals surface area contributed by atoms with E-state index in [4.69, 9.17) is 5.26 Å². The van der Waals surface area contributed by atoms with E-state index in [1.807, 2.05) is 6.07 Å². The van der Waals surface area contributed by atoms with Gasteiger partial charge in [-0.3, -0.25) is 0 Å². The Hall–Kier alpha value is -1.67. The third-order valence-electron chi connectivity index (χ3n) is 3.97. The fourth-order valence-electron chi connectivity index (χ4n) is 2.81. The maximum absolute atomic E-state index is 9.26. The first kappa shape index (κ1) is 13.8.